The second-order valence-corrected chi connectivity index (χ2v) is 8.03. The first kappa shape index (κ1) is 22.7. The van der Waals surface area contributed by atoms with E-state index in [1.54, 1.807) is 18.3 Å². The molecule has 0 aliphatic carbocycles. The highest BCUT2D eigenvalue weighted by atomic mass is 35.5. The molecular weight excluding hydrogens is 484 g/mol. The van der Waals surface area contributed by atoms with Crippen molar-refractivity contribution in [3.8, 4) is 17.0 Å². The molecule has 0 saturated heterocycles. The van der Waals surface area contributed by atoms with Crippen molar-refractivity contribution in [2.75, 3.05) is 18.4 Å². The van der Waals surface area contributed by atoms with E-state index in [0.717, 1.165) is 0 Å². The third-order valence-corrected chi connectivity index (χ3v) is 5.61. The first-order chi connectivity index (χ1) is 16.9. The smallest absolute Gasteiger partial charge is 0.387 e. The van der Waals surface area contributed by atoms with Crippen molar-refractivity contribution in [1.29, 1.82) is 0 Å². The van der Waals surface area contributed by atoms with E-state index < -0.39 is 18.6 Å². The van der Waals surface area contributed by atoms with Crippen LogP contribution in [0.4, 0.5) is 14.5 Å². The minimum atomic E-state index is -3.09. The first-order valence-corrected chi connectivity index (χ1v) is 10.8. The number of ether oxygens (including phenoxy) is 1. The van der Waals surface area contributed by atoms with Crippen molar-refractivity contribution in [2.45, 2.75) is 12.7 Å². The van der Waals surface area contributed by atoms with Crippen LogP contribution in [0.25, 0.3) is 16.9 Å². The summed E-state index contributed by atoms with van der Waals surface area (Å²) >= 11 is 6.14. The number of amides is 1. The van der Waals surface area contributed by atoms with Crippen LogP contribution >= 0.6 is 11.6 Å². The molecule has 4 heterocycles. The Morgan fingerprint density at radius 2 is 2.23 bits per heavy atom. The molecule has 1 amide bonds. The van der Waals surface area contributed by atoms with Gasteiger partial charge < -0.3 is 20.5 Å². The van der Waals surface area contributed by atoms with E-state index in [-0.39, 0.29) is 39.0 Å². The van der Waals surface area contributed by atoms with Crippen LogP contribution < -0.4 is 15.4 Å². The van der Waals surface area contributed by atoms with E-state index in [1.807, 2.05) is 0 Å². The lowest BCUT2D eigenvalue weighted by Crippen LogP contribution is -2.31. The third kappa shape index (κ3) is 4.53. The normalized spacial score (nSPS) is 15.9. The molecular formula is C22H18ClF2N7O3. The summed E-state index contributed by atoms with van der Waals surface area (Å²) in [5, 5.41) is 25.1. The van der Waals surface area contributed by atoms with Crippen LogP contribution in [0.3, 0.4) is 0 Å². The number of nitrogens with one attached hydrogen (secondary N) is 2. The number of anilines is 1. The molecule has 180 valence electrons. The number of fused-ring (bicyclic) bond motifs is 1. The Labute approximate surface area is 201 Å². The number of benzene rings is 1. The van der Waals surface area contributed by atoms with Crippen molar-refractivity contribution in [1.82, 2.24) is 29.7 Å². The van der Waals surface area contributed by atoms with Crippen LogP contribution in [-0.4, -0.2) is 55.1 Å². The number of aliphatic hydroxyl groups excluding tert-OH is 1. The molecule has 13 heteroatoms. The van der Waals surface area contributed by atoms with Crippen molar-refractivity contribution >= 4 is 28.8 Å². The Kier molecular flexibility index (Phi) is 6.05. The number of rotatable bonds is 6. The zero-order valence-electron chi connectivity index (χ0n) is 17.9. The van der Waals surface area contributed by atoms with Gasteiger partial charge in [0.15, 0.2) is 5.65 Å². The fourth-order valence-corrected chi connectivity index (χ4v) is 3.94. The molecule has 0 saturated carbocycles. The van der Waals surface area contributed by atoms with Crippen LogP contribution in [0.15, 0.2) is 60.9 Å². The molecule has 1 aliphatic rings. The molecule has 0 spiro atoms. The highest BCUT2D eigenvalue weighted by Gasteiger charge is 2.26. The number of carbonyl (C=O) groups excluding carboxylic acids is 1. The van der Waals surface area contributed by atoms with Gasteiger partial charge in [-0.15, -0.1) is 0 Å². The van der Waals surface area contributed by atoms with E-state index >= 15 is 0 Å². The monoisotopic (exact) mass is 501 g/mol. The van der Waals surface area contributed by atoms with Crippen molar-refractivity contribution in [3.63, 3.8) is 0 Å². The molecule has 1 atom stereocenters. The van der Waals surface area contributed by atoms with Gasteiger partial charge in [-0.1, -0.05) is 11.6 Å². The fourth-order valence-electron chi connectivity index (χ4n) is 3.77. The summed E-state index contributed by atoms with van der Waals surface area (Å²) in [5.41, 5.74) is 0.975. The number of aliphatic hydroxyl groups is 1. The van der Waals surface area contributed by atoms with E-state index in [2.05, 4.69) is 30.6 Å². The lowest BCUT2D eigenvalue weighted by Gasteiger charge is -2.21. The van der Waals surface area contributed by atoms with Crippen LogP contribution in [0, 0.1) is 0 Å². The molecule has 10 nitrogen and oxygen atoms in total. The lowest BCUT2D eigenvalue weighted by molar-refractivity contribution is -0.0494. The number of hydrogen-bond acceptors (Lipinski definition) is 7. The summed E-state index contributed by atoms with van der Waals surface area (Å²) in [7, 11) is 0. The Balaban J connectivity index is 1.60. The fraction of sp³-hybridized carbons (Fsp3) is 0.182. The molecule has 3 aromatic heterocycles. The van der Waals surface area contributed by atoms with Crippen molar-refractivity contribution in [2.24, 2.45) is 0 Å². The van der Waals surface area contributed by atoms with E-state index in [4.69, 9.17) is 11.6 Å². The van der Waals surface area contributed by atoms with Crippen molar-refractivity contribution < 1.29 is 23.4 Å². The molecule has 0 unspecified atom stereocenters. The topological polar surface area (TPSA) is 119 Å². The molecule has 5 rings (SSSR count). The van der Waals surface area contributed by atoms with Gasteiger partial charge in [0.25, 0.3) is 5.91 Å². The molecule has 35 heavy (non-hydrogen) atoms. The summed E-state index contributed by atoms with van der Waals surface area (Å²) < 4.78 is 33.7. The second kappa shape index (κ2) is 9.31. The third-order valence-electron chi connectivity index (χ3n) is 5.37. The summed E-state index contributed by atoms with van der Waals surface area (Å²) in [4.78, 5) is 17.3. The summed E-state index contributed by atoms with van der Waals surface area (Å²) in [6.07, 6.45) is 7.65. The van der Waals surface area contributed by atoms with Gasteiger partial charge in [0.1, 0.15) is 28.8 Å². The standard InChI is InChI=1S/C22H18ClF2N7O3/c23-12-2-3-18(35-22(24)25)13(8-12)19-15(11-32(30-19)16-10-26-6-4-17(16)33)29-21(34)14-9-28-31-7-1-5-27-20(14)31/h1-5,7-9,11,16,22,26,33H,6,10H2,(H,29,34)/t16-/m0/s1. The summed E-state index contributed by atoms with van der Waals surface area (Å²) in [5.74, 6) is -0.638. The minimum Gasteiger partial charge on any atom is -0.510 e. The number of carbonyl (C=O) groups is 1. The maximum absolute atomic E-state index is 13.2. The predicted molar refractivity (Wildman–Crippen MR) is 123 cm³/mol. The number of halogens is 3. The Morgan fingerprint density at radius 1 is 1.37 bits per heavy atom. The number of alkyl halides is 2. The molecule has 3 N–H and O–H groups in total. The summed E-state index contributed by atoms with van der Waals surface area (Å²) in [6.45, 7) is -2.23. The molecule has 0 bridgehead atoms. The van der Waals surface area contributed by atoms with Gasteiger partial charge in [0, 0.05) is 36.1 Å². The Bertz CT molecular complexity index is 1440. The largest absolute Gasteiger partial charge is 0.510 e. The molecule has 4 aromatic rings. The quantitative estimate of drug-likeness (QED) is 0.369. The van der Waals surface area contributed by atoms with Crippen molar-refractivity contribution in [3.05, 3.63) is 71.5 Å². The molecule has 0 fully saturated rings. The average molecular weight is 502 g/mol. The van der Waals surface area contributed by atoms with Crippen LogP contribution in [0.5, 0.6) is 5.75 Å². The molecule has 1 aliphatic heterocycles. The maximum atomic E-state index is 13.2. The Hall–Kier alpha value is -4.03. The van der Waals surface area contributed by atoms with Gasteiger partial charge >= 0.3 is 6.61 Å². The Morgan fingerprint density at radius 3 is 3.03 bits per heavy atom. The number of hydrogen-bond donors (Lipinski definition) is 3. The van der Waals surface area contributed by atoms with Gasteiger partial charge in [-0.25, -0.2) is 9.50 Å². The SMILES string of the molecule is O=C(Nc1cn([C@H]2CNCC=C2O)nc1-c1cc(Cl)ccc1OC(F)F)c1cnn2cccnc12. The van der Waals surface area contributed by atoms with E-state index in [9.17, 15) is 18.7 Å². The lowest BCUT2D eigenvalue weighted by atomic mass is 10.1. The van der Waals surface area contributed by atoms with Gasteiger partial charge in [0.05, 0.1) is 18.1 Å². The van der Waals surface area contributed by atoms with Crippen LogP contribution in [0.2, 0.25) is 5.02 Å². The number of nitrogens with zero attached hydrogens (tertiary/aromatic N) is 5. The van der Waals surface area contributed by atoms with Crippen LogP contribution in [-0.2, 0) is 0 Å². The summed E-state index contributed by atoms with van der Waals surface area (Å²) in [6, 6.07) is 5.20. The molecule has 1 aromatic carbocycles. The van der Waals surface area contributed by atoms with E-state index in [0.29, 0.717) is 18.7 Å². The predicted octanol–water partition coefficient (Wildman–Crippen LogP) is 3.69. The van der Waals surface area contributed by atoms with Gasteiger partial charge in [0.2, 0.25) is 0 Å². The highest BCUT2D eigenvalue weighted by Crippen LogP contribution is 2.38. The van der Waals surface area contributed by atoms with Gasteiger partial charge in [-0.3, -0.25) is 9.48 Å². The van der Waals surface area contributed by atoms with Gasteiger partial charge in [-0.05, 0) is 30.3 Å². The highest BCUT2D eigenvalue weighted by molar-refractivity contribution is 6.31. The number of aromatic nitrogens is 5. The van der Waals surface area contributed by atoms with Gasteiger partial charge in [-0.2, -0.15) is 19.0 Å². The first-order valence-electron chi connectivity index (χ1n) is 10.4. The molecule has 0 radical (unpaired) electrons. The van der Waals surface area contributed by atoms with E-state index in [1.165, 1.54) is 46.0 Å². The zero-order chi connectivity index (χ0) is 24.5. The van der Waals surface area contributed by atoms with Crippen LogP contribution in [0.1, 0.15) is 16.4 Å². The maximum Gasteiger partial charge on any atom is 0.387 e. The zero-order valence-corrected chi connectivity index (χ0v) is 18.7. The minimum absolute atomic E-state index is 0.0812. The second-order valence-electron chi connectivity index (χ2n) is 7.59. The average Bonchev–Trinajstić information content (AvgIpc) is 3.45.